The highest BCUT2D eigenvalue weighted by atomic mass is 35.5. The van der Waals surface area contributed by atoms with E-state index in [2.05, 4.69) is 12.2 Å². The van der Waals surface area contributed by atoms with Gasteiger partial charge in [-0.05, 0) is 24.6 Å². The SMILES string of the molecule is COc1ccc(CC(=O)N2CCNC(C)C2)c(Cl)c1. The summed E-state index contributed by atoms with van der Waals surface area (Å²) in [4.78, 5) is 14.1. The number of nitrogens with one attached hydrogen (secondary N) is 1. The molecule has 2 rings (SSSR count). The Hall–Kier alpha value is -1.26. The van der Waals surface area contributed by atoms with Crippen molar-refractivity contribution in [3.8, 4) is 5.75 Å². The molecule has 1 N–H and O–H groups in total. The van der Waals surface area contributed by atoms with Crippen molar-refractivity contribution in [2.45, 2.75) is 19.4 Å². The molecule has 1 aromatic rings. The number of methoxy groups -OCH3 is 1. The Morgan fingerprint density at radius 3 is 3.00 bits per heavy atom. The zero-order chi connectivity index (χ0) is 13.8. The third-order valence-corrected chi connectivity index (χ3v) is 3.68. The number of benzene rings is 1. The fraction of sp³-hybridized carbons (Fsp3) is 0.500. The Morgan fingerprint density at radius 1 is 1.58 bits per heavy atom. The van der Waals surface area contributed by atoms with Gasteiger partial charge >= 0.3 is 0 Å². The molecule has 104 valence electrons. The Morgan fingerprint density at radius 2 is 2.37 bits per heavy atom. The lowest BCUT2D eigenvalue weighted by Crippen LogP contribution is -2.51. The van der Waals surface area contributed by atoms with E-state index in [-0.39, 0.29) is 5.91 Å². The van der Waals surface area contributed by atoms with Gasteiger partial charge in [-0.25, -0.2) is 0 Å². The van der Waals surface area contributed by atoms with Crippen LogP contribution in [0.15, 0.2) is 18.2 Å². The normalized spacial score (nSPS) is 19.3. The van der Waals surface area contributed by atoms with Gasteiger partial charge in [-0.15, -0.1) is 0 Å². The molecule has 0 aromatic heterocycles. The summed E-state index contributed by atoms with van der Waals surface area (Å²) in [7, 11) is 1.60. The molecule has 1 atom stereocenters. The maximum Gasteiger partial charge on any atom is 0.227 e. The lowest BCUT2D eigenvalue weighted by Gasteiger charge is -2.32. The molecule has 0 bridgehead atoms. The molecule has 1 unspecified atom stereocenters. The van der Waals surface area contributed by atoms with Crippen LogP contribution in [0.4, 0.5) is 0 Å². The number of hydrogen-bond acceptors (Lipinski definition) is 3. The number of rotatable bonds is 3. The van der Waals surface area contributed by atoms with Gasteiger partial charge in [0.05, 0.1) is 13.5 Å². The van der Waals surface area contributed by atoms with E-state index in [1.54, 1.807) is 13.2 Å². The van der Waals surface area contributed by atoms with Gasteiger partial charge in [-0.2, -0.15) is 0 Å². The van der Waals surface area contributed by atoms with Crippen molar-refractivity contribution in [2.75, 3.05) is 26.7 Å². The summed E-state index contributed by atoms with van der Waals surface area (Å²) < 4.78 is 5.10. The minimum absolute atomic E-state index is 0.125. The zero-order valence-corrected chi connectivity index (χ0v) is 12.0. The molecule has 0 saturated carbocycles. The van der Waals surface area contributed by atoms with Crippen LogP contribution >= 0.6 is 11.6 Å². The molecular formula is C14H19ClN2O2. The van der Waals surface area contributed by atoms with E-state index in [0.29, 0.717) is 23.2 Å². The van der Waals surface area contributed by atoms with Gasteiger partial charge < -0.3 is 15.0 Å². The molecule has 1 heterocycles. The van der Waals surface area contributed by atoms with Gasteiger partial charge in [0.15, 0.2) is 0 Å². The predicted molar refractivity (Wildman–Crippen MR) is 75.8 cm³/mol. The van der Waals surface area contributed by atoms with Gasteiger partial charge in [0.1, 0.15) is 5.75 Å². The van der Waals surface area contributed by atoms with Gasteiger partial charge in [0, 0.05) is 30.7 Å². The van der Waals surface area contributed by atoms with E-state index in [4.69, 9.17) is 16.3 Å². The van der Waals surface area contributed by atoms with E-state index in [9.17, 15) is 4.79 Å². The van der Waals surface area contributed by atoms with Crippen LogP contribution in [0.1, 0.15) is 12.5 Å². The molecule has 1 amide bonds. The maximum absolute atomic E-state index is 12.2. The molecule has 1 fully saturated rings. The predicted octanol–water partition coefficient (Wildman–Crippen LogP) is 1.71. The first-order chi connectivity index (χ1) is 9.10. The summed E-state index contributed by atoms with van der Waals surface area (Å²) in [6, 6.07) is 5.77. The quantitative estimate of drug-likeness (QED) is 0.918. The fourth-order valence-corrected chi connectivity index (χ4v) is 2.47. The van der Waals surface area contributed by atoms with Crippen molar-refractivity contribution in [3.63, 3.8) is 0 Å². The summed E-state index contributed by atoms with van der Waals surface area (Å²) in [5, 5.41) is 3.90. The fourth-order valence-electron chi connectivity index (χ4n) is 2.23. The van der Waals surface area contributed by atoms with Crippen LogP contribution in [0.5, 0.6) is 5.75 Å². The molecule has 1 aromatic carbocycles. The number of carbonyl (C=O) groups is 1. The second kappa shape index (κ2) is 6.26. The largest absolute Gasteiger partial charge is 0.497 e. The molecule has 1 saturated heterocycles. The first kappa shape index (κ1) is 14.2. The molecule has 1 aliphatic heterocycles. The monoisotopic (exact) mass is 282 g/mol. The molecule has 19 heavy (non-hydrogen) atoms. The highest BCUT2D eigenvalue weighted by molar-refractivity contribution is 6.31. The molecule has 0 aliphatic carbocycles. The summed E-state index contributed by atoms with van der Waals surface area (Å²) in [6.45, 7) is 4.45. The molecule has 5 heteroatoms. The van der Waals surface area contributed by atoms with Crippen LogP contribution in [0.3, 0.4) is 0 Å². The number of amides is 1. The van der Waals surface area contributed by atoms with Crippen molar-refractivity contribution >= 4 is 17.5 Å². The van der Waals surface area contributed by atoms with Crippen molar-refractivity contribution in [3.05, 3.63) is 28.8 Å². The van der Waals surface area contributed by atoms with Crippen LogP contribution in [0, 0.1) is 0 Å². The second-order valence-corrected chi connectivity index (χ2v) is 5.24. The average molecular weight is 283 g/mol. The Bertz CT molecular complexity index is 465. The lowest BCUT2D eigenvalue weighted by atomic mass is 10.1. The van der Waals surface area contributed by atoms with Crippen LogP contribution in [-0.2, 0) is 11.2 Å². The Labute approximate surface area is 118 Å². The highest BCUT2D eigenvalue weighted by Gasteiger charge is 2.21. The van der Waals surface area contributed by atoms with Crippen LogP contribution in [-0.4, -0.2) is 43.6 Å². The summed E-state index contributed by atoms with van der Waals surface area (Å²) in [5.74, 6) is 0.831. The van der Waals surface area contributed by atoms with Crippen molar-refractivity contribution in [1.82, 2.24) is 10.2 Å². The van der Waals surface area contributed by atoms with Crippen LogP contribution in [0.25, 0.3) is 0 Å². The smallest absolute Gasteiger partial charge is 0.227 e. The number of carbonyl (C=O) groups excluding carboxylic acids is 1. The van der Waals surface area contributed by atoms with Gasteiger partial charge in [0.25, 0.3) is 0 Å². The molecular weight excluding hydrogens is 264 g/mol. The number of hydrogen-bond donors (Lipinski definition) is 1. The topological polar surface area (TPSA) is 41.6 Å². The van der Waals surface area contributed by atoms with E-state index >= 15 is 0 Å². The van der Waals surface area contributed by atoms with E-state index in [1.807, 2.05) is 17.0 Å². The molecule has 1 aliphatic rings. The first-order valence-electron chi connectivity index (χ1n) is 6.43. The standard InChI is InChI=1S/C14H19ClN2O2/c1-10-9-17(6-5-16-10)14(18)7-11-3-4-12(19-2)8-13(11)15/h3-4,8,10,16H,5-7,9H2,1-2H3. The van der Waals surface area contributed by atoms with Gasteiger partial charge in [0.2, 0.25) is 5.91 Å². The Kier molecular flexibility index (Phi) is 4.66. The minimum Gasteiger partial charge on any atom is -0.497 e. The lowest BCUT2D eigenvalue weighted by molar-refractivity contribution is -0.131. The zero-order valence-electron chi connectivity index (χ0n) is 11.3. The van der Waals surface area contributed by atoms with E-state index in [1.165, 1.54) is 0 Å². The summed E-state index contributed by atoms with van der Waals surface area (Å²) in [5.41, 5.74) is 0.846. The number of nitrogens with zero attached hydrogens (tertiary/aromatic N) is 1. The third-order valence-electron chi connectivity index (χ3n) is 3.32. The minimum atomic E-state index is 0.125. The molecule has 0 spiro atoms. The molecule has 0 radical (unpaired) electrons. The Balaban J connectivity index is 2.02. The first-order valence-corrected chi connectivity index (χ1v) is 6.81. The van der Waals surface area contributed by atoms with E-state index < -0.39 is 0 Å². The highest BCUT2D eigenvalue weighted by Crippen LogP contribution is 2.23. The second-order valence-electron chi connectivity index (χ2n) is 4.83. The van der Waals surface area contributed by atoms with E-state index in [0.717, 1.165) is 25.2 Å². The van der Waals surface area contributed by atoms with Crippen molar-refractivity contribution in [1.29, 1.82) is 0 Å². The van der Waals surface area contributed by atoms with Gasteiger partial charge in [-0.3, -0.25) is 4.79 Å². The summed E-state index contributed by atoms with van der Waals surface area (Å²) in [6.07, 6.45) is 0.343. The number of ether oxygens (including phenoxy) is 1. The average Bonchev–Trinajstić information content (AvgIpc) is 2.41. The summed E-state index contributed by atoms with van der Waals surface area (Å²) >= 11 is 6.16. The third kappa shape index (κ3) is 3.61. The number of piperazine rings is 1. The van der Waals surface area contributed by atoms with Crippen LogP contribution in [0.2, 0.25) is 5.02 Å². The number of halogens is 1. The van der Waals surface area contributed by atoms with Gasteiger partial charge in [-0.1, -0.05) is 17.7 Å². The molecule has 4 nitrogen and oxygen atoms in total. The van der Waals surface area contributed by atoms with Crippen LogP contribution < -0.4 is 10.1 Å². The van der Waals surface area contributed by atoms with Crippen molar-refractivity contribution < 1.29 is 9.53 Å². The maximum atomic E-state index is 12.2. The van der Waals surface area contributed by atoms with Crippen molar-refractivity contribution in [2.24, 2.45) is 0 Å².